The van der Waals surface area contributed by atoms with Crippen LogP contribution in [0.25, 0.3) is 0 Å². The quantitative estimate of drug-likeness (QED) is 0.669. The van der Waals surface area contributed by atoms with Gasteiger partial charge in [0.15, 0.2) is 0 Å². The molecule has 0 bridgehead atoms. The van der Waals surface area contributed by atoms with E-state index < -0.39 is 5.97 Å². The Hall–Kier alpha value is -1.30. The summed E-state index contributed by atoms with van der Waals surface area (Å²) in [6.07, 6.45) is 2.80. The fraction of sp³-hybridized carbons (Fsp3) is 0.833. The second-order valence-electron chi connectivity index (χ2n) is 5.09. The first kappa shape index (κ1) is 14.8. The summed E-state index contributed by atoms with van der Waals surface area (Å²) in [5.41, 5.74) is 0. The second-order valence-corrected chi connectivity index (χ2v) is 5.09. The first-order chi connectivity index (χ1) is 8.49. The molecule has 1 rings (SSSR count). The molecular weight excluding hydrogens is 234 g/mol. The molecule has 104 valence electrons. The summed E-state index contributed by atoms with van der Waals surface area (Å²) in [4.78, 5) is 24.3. The van der Waals surface area contributed by atoms with Crippen LogP contribution in [0.15, 0.2) is 0 Å². The predicted octanol–water partition coefficient (Wildman–Crippen LogP) is 0.491. The van der Waals surface area contributed by atoms with Gasteiger partial charge in [-0.3, -0.25) is 4.79 Å². The van der Waals surface area contributed by atoms with Crippen molar-refractivity contribution in [1.82, 2.24) is 15.5 Å². The van der Waals surface area contributed by atoms with Crippen LogP contribution in [-0.2, 0) is 4.79 Å². The summed E-state index contributed by atoms with van der Waals surface area (Å²) >= 11 is 0. The van der Waals surface area contributed by atoms with Crippen molar-refractivity contribution in [1.29, 1.82) is 0 Å². The number of carbonyl (C=O) groups is 2. The van der Waals surface area contributed by atoms with Gasteiger partial charge in [0.05, 0.1) is 5.92 Å². The van der Waals surface area contributed by atoms with Crippen molar-refractivity contribution in [2.24, 2.45) is 5.92 Å². The number of nitrogens with one attached hydrogen (secondary N) is 2. The Morgan fingerprint density at radius 1 is 1.22 bits per heavy atom. The first-order valence-corrected chi connectivity index (χ1v) is 6.41. The highest BCUT2D eigenvalue weighted by Crippen LogP contribution is 2.24. The van der Waals surface area contributed by atoms with Crippen LogP contribution >= 0.6 is 0 Å². The van der Waals surface area contributed by atoms with Gasteiger partial charge in [0.25, 0.3) is 0 Å². The van der Waals surface area contributed by atoms with Crippen molar-refractivity contribution in [3.8, 4) is 0 Å². The Kier molecular flexibility index (Phi) is 5.91. The van der Waals surface area contributed by atoms with Gasteiger partial charge in [-0.15, -0.1) is 0 Å². The Morgan fingerprint density at radius 2 is 1.83 bits per heavy atom. The number of hydrogen-bond donors (Lipinski definition) is 3. The zero-order chi connectivity index (χ0) is 13.5. The van der Waals surface area contributed by atoms with Crippen molar-refractivity contribution < 1.29 is 14.7 Å². The van der Waals surface area contributed by atoms with E-state index in [1.807, 2.05) is 19.0 Å². The van der Waals surface area contributed by atoms with Crippen molar-refractivity contribution in [3.05, 3.63) is 0 Å². The van der Waals surface area contributed by atoms with E-state index in [0.29, 0.717) is 19.4 Å². The minimum Gasteiger partial charge on any atom is -0.481 e. The maximum atomic E-state index is 11.6. The number of rotatable bonds is 5. The highest BCUT2D eigenvalue weighted by molar-refractivity contribution is 5.74. The number of hydrogen-bond acceptors (Lipinski definition) is 3. The third-order valence-electron chi connectivity index (χ3n) is 3.26. The van der Waals surface area contributed by atoms with E-state index in [1.54, 1.807) is 0 Å². The maximum absolute atomic E-state index is 11.6. The minimum absolute atomic E-state index is 0.111. The van der Waals surface area contributed by atoms with Crippen LogP contribution in [0.2, 0.25) is 0 Å². The number of likely N-dealkylation sites (N-methyl/N-ethyl adjacent to an activating group) is 1. The highest BCUT2D eigenvalue weighted by Gasteiger charge is 2.26. The molecule has 0 saturated heterocycles. The monoisotopic (exact) mass is 257 g/mol. The van der Waals surface area contributed by atoms with E-state index in [4.69, 9.17) is 5.11 Å². The molecule has 0 unspecified atom stereocenters. The molecule has 0 spiro atoms. The normalized spacial score (nSPS) is 23.7. The molecule has 2 amide bonds. The standard InChI is InChI=1S/C12H23N3O3/c1-15(2)8-7-13-12(18)14-10-5-3-9(4-6-10)11(16)17/h9-10H,3-8H2,1-2H3,(H,16,17)(H2,13,14,18). The van der Waals surface area contributed by atoms with Crippen LogP contribution in [0.4, 0.5) is 4.79 Å². The minimum atomic E-state index is -0.719. The average Bonchev–Trinajstić information content (AvgIpc) is 2.29. The predicted molar refractivity (Wildman–Crippen MR) is 68.5 cm³/mol. The second kappa shape index (κ2) is 7.20. The highest BCUT2D eigenvalue weighted by atomic mass is 16.4. The van der Waals surface area contributed by atoms with E-state index in [0.717, 1.165) is 19.4 Å². The Bertz CT molecular complexity index is 286. The lowest BCUT2D eigenvalue weighted by Gasteiger charge is -2.26. The van der Waals surface area contributed by atoms with Gasteiger partial charge in [-0.25, -0.2) is 4.79 Å². The van der Waals surface area contributed by atoms with E-state index in [-0.39, 0.29) is 18.0 Å². The lowest BCUT2D eigenvalue weighted by molar-refractivity contribution is -0.142. The molecule has 0 aromatic rings. The molecule has 6 nitrogen and oxygen atoms in total. The zero-order valence-electron chi connectivity index (χ0n) is 11.1. The fourth-order valence-corrected chi connectivity index (χ4v) is 2.11. The summed E-state index contributed by atoms with van der Waals surface area (Å²) in [7, 11) is 3.90. The topological polar surface area (TPSA) is 81.7 Å². The number of nitrogens with zero attached hydrogens (tertiary/aromatic N) is 1. The lowest BCUT2D eigenvalue weighted by atomic mass is 9.86. The molecule has 6 heteroatoms. The number of aliphatic carboxylic acids is 1. The first-order valence-electron chi connectivity index (χ1n) is 6.41. The number of carboxylic acids is 1. The van der Waals surface area contributed by atoms with Crippen LogP contribution in [0.5, 0.6) is 0 Å². The van der Waals surface area contributed by atoms with Crippen LogP contribution in [-0.4, -0.2) is 55.2 Å². The van der Waals surface area contributed by atoms with Crippen molar-refractivity contribution in [2.75, 3.05) is 27.2 Å². The van der Waals surface area contributed by atoms with Crippen molar-refractivity contribution in [3.63, 3.8) is 0 Å². The molecule has 1 saturated carbocycles. The number of urea groups is 1. The number of carboxylic acid groups (broad SMARTS) is 1. The van der Waals surface area contributed by atoms with E-state index in [9.17, 15) is 9.59 Å². The van der Waals surface area contributed by atoms with Crippen LogP contribution < -0.4 is 10.6 Å². The zero-order valence-corrected chi connectivity index (χ0v) is 11.1. The molecule has 0 aromatic heterocycles. The Balaban J connectivity index is 2.16. The summed E-state index contributed by atoms with van der Waals surface area (Å²) in [6, 6.07) is -0.0458. The van der Waals surface area contributed by atoms with Crippen LogP contribution in [0.1, 0.15) is 25.7 Å². The summed E-state index contributed by atoms with van der Waals surface area (Å²) < 4.78 is 0. The van der Waals surface area contributed by atoms with E-state index >= 15 is 0 Å². The SMILES string of the molecule is CN(C)CCNC(=O)NC1CCC(C(=O)O)CC1. The van der Waals surface area contributed by atoms with Crippen molar-refractivity contribution >= 4 is 12.0 Å². The molecule has 1 aliphatic rings. The van der Waals surface area contributed by atoms with Gasteiger partial charge >= 0.3 is 12.0 Å². The number of carbonyl (C=O) groups excluding carboxylic acids is 1. The van der Waals surface area contributed by atoms with Gasteiger partial charge in [-0.1, -0.05) is 0 Å². The van der Waals surface area contributed by atoms with Crippen LogP contribution in [0.3, 0.4) is 0 Å². The molecule has 0 aliphatic heterocycles. The third kappa shape index (κ3) is 5.35. The molecule has 0 radical (unpaired) electrons. The molecule has 3 N–H and O–H groups in total. The van der Waals surface area contributed by atoms with Crippen molar-refractivity contribution in [2.45, 2.75) is 31.7 Å². The lowest BCUT2D eigenvalue weighted by Crippen LogP contribution is -2.45. The van der Waals surface area contributed by atoms with Gasteiger partial charge in [-0.05, 0) is 39.8 Å². The van der Waals surface area contributed by atoms with Gasteiger partial charge < -0.3 is 20.6 Å². The third-order valence-corrected chi connectivity index (χ3v) is 3.26. The summed E-state index contributed by atoms with van der Waals surface area (Å²) in [6.45, 7) is 1.42. The number of amides is 2. The van der Waals surface area contributed by atoms with Crippen LogP contribution in [0, 0.1) is 5.92 Å². The smallest absolute Gasteiger partial charge is 0.315 e. The Labute approximate surface area is 108 Å². The van der Waals surface area contributed by atoms with E-state index in [2.05, 4.69) is 10.6 Å². The maximum Gasteiger partial charge on any atom is 0.315 e. The Morgan fingerprint density at radius 3 is 2.33 bits per heavy atom. The van der Waals surface area contributed by atoms with Gasteiger partial charge in [-0.2, -0.15) is 0 Å². The van der Waals surface area contributed by atoms with Gasteiger partial charge in [0.1, 0.15) is 0 Å². The molecule has 0 atom stereocenters. The average molecular weight is 257 g/mol. The molecular formula is C12H23N3O3. The summed E-state index contributed by atoms with van der Waals surface area (Å²) in [5.74, 6) is -0.955. The fourth-order valence-electron chi connectivity index (χ4n) is 2.11. The van der Waals surface area contributed by atoms with Gasteiger partial charge in [0, 0.05) is 19.1 Å². The van der Waals surface area contributed by atoms with Gasteiger partial charge in [0.2, 0.25) is 0 Å². The molecule has 1 aliphatic carbocycles. The molecule has 0 heterocycles. The molecule has 0 aromatic carbocycles. The molecule has 18 heavy (non-hydrogen) atoms. The molecule has 1 fully saturated rings. The van der Waals surface area contributed by atoms with E-state index in [1.165, 1.54) is 0 Å². The largest absolute Gasteiger partial charge is 0.481 e. The summed E-state index contributed by atoms with van der Waals surface area (Å²) in [5, 5.41) is 14.5.